The van der Waals surface area contributed by atoms with Gasteiger partial charge in [0.15, 0.2) is 0 Å². The van der Waals surface area contributed by atoms with E-state index in [1.807, 2.05) is 6.07 Å². The normalized spacial score (nSPS) is 9.33. The molecule has 0 spiro atoms. The second-order valence-electron chi connectivity index (χ2n) is 2.33. The van der Waals surface area contributed by atoms with Crippen LogP contribution < -0.4 is 10.5 Å². The maximum absolute atomic E-state index is 5.45. The summed E-state index contributed by atoms with van der Waals surface area (Å²) in [6.07, 6.45) is 2.61. The van der Waals surface area contributed by atoms with Gasteiger partial charge >= 0.3 is 0 Å². The first-order chi connectivity index (χ1) is 5.83. The number of nitrogens with zero attached hydrogens (tertiary/aromatic N) is 1. The molecule has 0 saturated carbocycles. The molecule has 0 aliphatic rings. The van der Waals surface area contributed by atoms with Gasteiger partial charge in [-0.3, -0.25) is 0 Å². The molecule has 0 fully saturated rings. The van der Waals surface area contributed by atoms with Crippen LogP contribution in [0.5, 0.6) is 5.88 Å². The first-order valence-corrected chi connectivity index (χ1v) is 3.79. The minimum Gasteiger partial charge on any atom is -0.477 e. The van der Waals surface area contributed by atoms with Crippen molar-refractivity contribution in [3.05, 3.63) is 30.9 Å². The van der Waals surface area contributed by atoms with Crippen LogP contribution in [0, 0.1) is 0 Å². The van der Waals surface area contributed by atoms with Gasteiger partial charge in [0.1, 0.15) is 5.82 Å². The third kappa shape index (κ3) is 2.62. The van der Waals surface area contributed by atoms with Gasteiger partial charge in [-0.1, -0.05) is 12.1 Å². The van der Waals surface area contributed by atoms with E-state index in [1.54, 1.807) is 18.2 Å². The molecular weight excluding hydrogens is 152 g/mol. The Bertz CT molecular complexity index is 260. The summed E-state index contributed by atoms with van der Waals surface area (Å²) in [5, 5.41) is 0. The second-order valence-corrected chi connectivity index (χ2v) is 2.33. The standard InChI is InChI=1S/C9H12N2O/c1-2-3-7-12-9-6-4-5-8(10)11-9/h2,4-6H,1,3,7H2,(H2,10,11). The highest BCUT2D eigenvalue weighted by atomic mass is 16.5. The van der Waals surface area contributed by atoms with Gasteiger partial charge in [0.05, 0.1) is 6.61 Å². The molecule has 1 aromatic rings. The molecule has 0 bridgehead atoms. The van der Waals surface area contributed by atoms with E-state index >= 15 is 0 Å². The molecule has 1 heterocycles. The number of anilines is 1. The molecule has 0 unspecified atom stereocenters. The van der Waals surface area contributed by atoms with Crippen molar-refractivity contribution in [1.29, 1.82) is 0 Å². The molecule has 0 aliphatic carbocycles. The van der Waals surface area contributed by atoms with Crippen molar-refractivity contribution in [2.75, 3.05) is 12.3 Å². The zero-order chi connectivity index (χ0) is 8.81. The van der Waals surface area contributed by atoms with E-state index in [-0.39, 0.29) is 0 Å². The Hall–Kier alpha value is -1.51. The summed E-state index contributed by atoms with van der Waals surface area (Å²) < 4.78 is 5.26. The highest BCUT2D eigenvalue weighted by Crippen LogP contribution is 2.08. The van der Waals surface area contributed by atoms with Gasteiger partial charge in [0, 0.05) is 6.07 Å². The zero-order valence-electron chi connectivity index (χ0n) is 6.86. The lowest BCUT2D eigenvalue weighted by molar-refractivity contribution is 0.313. The van der Waals surface area contributed by atoms with Gasteiger partial charge < -0.3 is 10.5 Å². The molecule has 64 valence electrons. The second kappa shape index (κ2) is 4.38. The topological polar surface area (TPSA) is 48.1 Å². The molecule has 0 aliphatic heterocycles. The Kier molecular flexibility index (Phi) is 3.14. The highest BCUT2D eigenvalue weighted by Gasteiger charge is 1.93. The maximum Gasteiger partial charge on any atom is 0.215 e. The number of aromatic nitrogens is 1. The summed E-state index contributed by atoms with van der Waals surface area (Å²) in [7, 11) is 0. The van der Waals surface area contributed by atoms with E-state index in [0.29, 0.717) is 18.3 Å². The Morgan fingerprint density at radius 1 is 1.58 bits per heavy atom. The zero-order valence-corrected chi connectivity index (χ0v) is 6.86. The van der Waals surface area contributed by atoms with Crippen molar-refractivity contribution in [2.45, 2.75) is 6.42 Å². The van der Waals surface area contributed by atoms with Gasteiger partial charge in [0.25, 0.3) is 0 Å². The maximum atomic E-state index is 5.45. The van der Waals surface area contributed by atoms with Crippen LogP contribution in [0.15, 0.2) is 30.9 Å². The van der Waals surface area contributed by atoms with Crippen LogP contribution in [0.2, 0.25) is 0 Å². The van der Waals surface area contributed by atoms with Crippen molar-refractivity contribution >= 4 is 5.82 Å². The summed E-state index contributed by atoms with van der Waals surface area (Å²) in [6.45, 7) is 4.18. The molecule has 0 amide bonds. The number of hydrogen-bond donors (Lipinski definition) is 1. The number of pyridine rings is 1. The number of nitrogens with two attached hydrogens (primary N) is 1. The number of nitrogen functional groups attached to an aromatic ring is 1. The molecule has 1 aromatic heterocycles. The fraction of sp³-hybridized carbons (Fsp3) is 0.222. The van der Waals surface area contributed by atoms with Crippen molar-refractivity contribution in [3.8, 4) is 5.88 Å². The molecule has 0 atom stereocenters. The summed E-state index contributed by atoms with van der Waals surface area (Å²) in [4.78, 5) is 3.97. The Morgan fingerprint density at radius 3 is 3.08 bits per heavy atom. The largest absolute Gasteiger partial charge is 0.477 e. The van der Waals surface area contributed by atoms with E-state index in [1.165, 1.54) is 0 Å². The molecular formula is C9H12N2O. The fourth-order valence-corrected chi connectivity index (χ4v) is 0.758. The molecule has 3 heteroatoms. The Balaban J connectivity index is 2.46. The third-order valence-corrected chi connectivity index (χ3v) is 1.32. The summed E-state index contributed by atoms with van der Waals surface area (Å²) in [6, 6.07) is 5.31. The molecule has 0 radical (unpaired) electrons. The lowest BCUT2D eigenvalue weighted by Gasteiger charge is -2.02. The summed E-state index contributed by atoms with van der Waals surface area (Å²) >= 11 is 0. The van der Waals surface area contributed by atoms with E-state index in [0.717, 1.165) is 6.42 Å². The van der Waals surface area contributed by atoms with Crippen LogP contribution in [0.3, 0.4) is 0 Å². The van der Waals surface area contributed by atoms with Crippen LogP contribution in [-0.2, 0) is 0 Å². The van der Waals surface area contributed by atoms with Gasteiger partial charge in [-0.05, 0) is 12.5 Å². The van der Waals surface area contributed by atoms with E-state index in [9.17, 15) is 0 Å². The average Bonchev–Trinajstić information content (AvgIpc) is 2.05. The van der Waals surface area contributed by atoms with Gasteiger partial charge in [0.2, 0.25) is 5.88 Å². The van der Waals surface area contributed by atoms with Crippen LogP contribution in [-0.4, -0.2) is 11.6 Å². The lowest BCUT2D eigenvalue weighted by atomic mass is 10.4. The minimum atomic E-state index is 0.478. The fourth-order valence-electron chi connectivity index (χ4n) is 0.758. The predicted octanol–water partition coefficient (Wildman–Crippen LogP) is 1.62. The first-order valence-electron chi connectivity index (χ1n) is 3.79. The quantitative estimate of drug-likeness (QED) is 0.543. The number of rotatable bonds is 4. The SMILES string of the molecule is C=CCCOc1cccc(N)n1. The number of hydrogen-bond acceptors (Lipinski definition) is 3. The van der Waals surface area contributed by atoms with E-state index in [4.69, 9.17) is 10.5 Å². The molecule has 2 N–H and O–H groups in total. The average molecular weight is 164 g/mol. The number of ether oxygens (including phenoxy) is 1. The van der Waals surface area contributed by atoms with Crippen molar-refractivity contribution in [3.63, 3.8) is 0 Å². The van der Waals surface area contributed by atoms with Gasteiger partial charge in [-0.15, -0.1) is 6.58 Å². The Morgan fingerprint density at radius 2 is 2.42 bits per heavy atom. The highest BCUT2D eigenvalue weighted by molar-refractivity contribution is 5.30. The van der Waals surface area contributed by atoms with Crippen molar-refractivity contribution < 1.29 is 4.74 Å². The van der Waals surface area contributed by atoms with Gasteiger partial charge in [-0.25, -0.2) is 0 Å². The van der Waals surface area contributed by atoms with E-state index in [2.05, 4.69) is 11.6 Å². The Labute approximate surface area is 71.9 Å². The van der Waals surface area contributed by atoms with Gasteiger partial charge in [-0.2, -0.15) is 4.98 Å². The van der Waals surface area contributed by atoms with Crippen LogP contribution in [0.1, 0.15) is 6.42 Å². The van der Waals surface area contributed by atoms with Crippen molar-refractivity contribution in [2.24, 2.45) is 0 Å². The molecule has 3 nitrogen and oxygen atoms in total. The summed E-state index contributed by atoms with van der Waals surface area (Å²) in [5.74, 6) is 1.04. The van der Waals surface area contributed by atoms with Crippen molar-refractivity contribution in [1.82, 2.24) is 4.98 Å². The molecule has 12 heavy (non-hydrogen) atoms. The van der Waals surface area contributed by atoms with Crippen LogP contribution in [0.4, 0.5) is 5.82 Å². The molecule has 0 aromatic carbocycles. The first kappa shape index (κ1) is 8.59. The monoisotopic (exact) mass is 164 g/mol. The van der Waals surface area contributed by atoms with Crippen LogP contribution >= 0.6 is 0 Å². The molecule has 1 rings (SSSR count). The molecule has 0 saturated heterocycles. The van der Waals surface area contributed by atoms with E-state index < -0.39 is 0 Å². The predicted molar refractivity (Wildman–Crippen MR) is 49.0 cm³/mol. The minimum absolute atomic E-state index is 0.478. The summed E-state index contributed by atoms with van der Waals surface area (Å²) in [5.41, 5.74) is 5.45. The smallest absolute Gasteiger partial charge is 0.215 e. The van der Waals surface area contributed by atoms with Crippen LogP contribution in [0.25, 0.3) is 0 Å². The lowest BCUT2D eigenvalue weighted by Crippen LogP contribution is -1.99. The third-order valence-electron chi connectivity index (χ3n) is 1.32.